The Morgan fingerprint density at radius 1 is 0.879 bits per heavy atom. The third kappa shape index (κ3) is 4.18. The number of anilines is 2. The predicted octanol–water partition coefficient (Wildman–Crippen LogP) is 7.77. The maximum absolute atomic E-state index is 13.1. The van der Waals surface area contributed by atoms with E-state index < -0.39 is 0 Å². The highest BCUT2D eigenvalue weighted by Crippen LogP contribution is 2.41. The number of nitrogens with zero attached hydrogens (tertiary/aromatic N) is 1. The molecule has 0 aliphatic carbocycles. The Labute approximate surface area is 204 Å². The lowest BCUT2D eigenvalue weighted by atomic mass is 9.99. The molecule has 0 spiro atoms. The SMILES string of the molecule is Nc1c(C(=O)Nc2ccccc2Cl)sc2nc(-c3ccc(Cl)cc3)cc(-c3ccccc3)c12. The average molecular weight is 490 g/mol. The number of carbonyl (C=O) groups is 1. The number of halogens is 2. The predicted molar refractivity (Wildman–Crippen MR) is 139 cm³/mol. The lowest BCUT2D eigenvalue weighted by Gasteiger charge is -2.09. The Balaban J connectivity index is 1.68. The summed E-state index contributed by atoms with van der Waals surface area (Å²) in [4.78, 5) is 19.0. The second kappa shape index (κ2) is 8.87. The molecule has 2 aromatic heterocycles. The molecule has 7 heteroatoms. The number of carbonyl (C=O) groups excluding carboxylic acids is 1. The molecule has 33 heavy (non-hydrogen) atoms. The Morgan fingerprint density at radius 3 is 2.30 bits per heavy atom. The molecule has 0 saturated carbocycles. The van der Waals surface area contributed by atoms with Crippen LogP contribution < -0.4 is 11.1 Å². The number of benzene rings is 3. The first kappa shape index (κ1) is 21.5. The standard InChI is InChI=1S/C26H17Cl2N3OS/c27-17-12-10-16(11-13-17)21-14-18(15-6-2-1-3-7-15)22-23(29)24(33-26(22)31-21)25(32)30-20-9-5-4-8-19(20)28/h1-14H,29H2,(H,30,32). The molecule has 3 N–H and O–H groups in total. The first-order valence-electron chi connectivity index (χ1n) is 10.1. The van der Waals surface area contributed by atoms with E-state index >= 15 is 0 Å². The monoisotopic (exact) mass is 489 g/mol. The van der Waals surface area contributed by atoms with Gasteiger partial charge in [0.15, 0.2) is 0 Å². The van der Waals surface area contributed by atoms with E-state index in [-0.39, 0.29) is 5.91 Å². The third-order valence-electron chi connectivity index (χ3n) is 5.25. The van der Waals surface area contributed by atoms with Crippen molar-refractivity contribution in [3.8, 4) is 22.4 Å². The zero-order chi connectivity index (χ0) is 22.9. The minimum atomic E-state index is -0.323. The summed E-state index contributed by atoms with van der Waals surface area (Å²) in [6.45, 7) is 0. The van der Waals surface area contributed by atoms with Crippen LogP contribution in [0.4, 0.5) is 11.4 Å². The van der Waals surface area contributed by atoms with Crippen LogP contribution in [0.15, 0.2) is 84.9 Å². The highest BCUT2D eigenvalue weighted by molar-refractivity contribution is 7.21. The summed E-state index contributed by atoms with van der Waals surface area (Å²) in [5, 5.41) is 4.73. The molecule has 4 nitrogen and oxygen atoms in total. The summed E-state index contributed by atoms with van der Waals surface area (Å²) >= 11 is 13.5. The van der Waals surface area contributed by atoms with Crippen molar-refractivity contribution in [2.75, 3.05) is 11.1 Å². The minimum absolute atomic E-state index is 0.323. The van der Waals surface area contributed by atoms with E-state index in [1.807, 2.05) is 66.7 Å². The number of aromatic nitrogens is 1. The molecular formula is C26H17Cl2N3OS. The molecular weight excluding hydrogens is 473 g/mol. The van der Waals surface area contributed by atoms with Crippen LogP contribution >= 0.6 is 34.5 Å². The number of pyridine rings is 1. The van der Waals surface area contributed by atoms with Gasteiger partial charge in [0, 0.05) is 16.0 Å². The van der Waals surface area contributed by atoms with Crippen LogP contribution in [0.5, 0.6) is 0 Å². The number of nitrogens with two attached hydrogens (primary N) is 1. The van der Waals surface area contributed by atoms with Gasteiger partial charge in [-0.3, -0.25) is 4.79 Å². The molecule has 3 aromatic carbocycles. The number of fused-ring (bicyclic) bond motifs is 1. The van der Waals surface area contributed by atoms with E-state index in [0.29, 0.717) is 31.1 Å². The molecule has 5 rings (SSSR count). The van der Waals surface area contributed by atoms with E-state index in [1.54, 1.807) is 18.2 Å². The van der Waals surface area contributed by atoms with Gasteiger partial charge < -0.3 is 11.1 Å². The largest absolute Gasteiger partial charge is 0.397 e. The molecule has 0 aliphatic heterocycles. The van der Waals surface area contributed by atoms with Crippen molar-refractivity contribution < 1.29 is 4.79 Å². The lowest BCUT2D eigenvalue weighted by molar-refractivity contribution is 0.103. The number of hydrogen-bond acceptors (Lipinski definition) is 4. The van der Waals surface area contributed by atoms with Crippen LogP contribution in [0.1, 0.15) is 9.67 Å². The zero-order valence-corrected chi connectivity index (χ0v) is 19.5. The second-order valence-electron chi connectivity index (χ2n) is 7.39. The third-order valence-corrected chi connectivity index (χ3v) is 6.93. The summed E-state index contributed by atoms with van der Waals surface area (Å²) < 4.78 is 0. The number of amides is 1. The van der Waals surface area contributed by atoms with Crippen molar-refractivity contribution in [3.05, 3.63) is 99.9 Å². The maximum Gasteiger partial charge on any atom is 0.267 e. The van der Waals surface area contributed by atoms with Gasteiger partial charge in [-0.2, -0.15) is 0 Å². The van der Waals surface area contributed by atoms with E-state index in [2.05, 4.69) is 5.32 Å². The summed E-state index contributed by atoms with van der Waals surface area (Å²) in [6, 6.07) is 26.5. The van der Waals surface area contributed by atoms with Gasteiger partial charge in [0.25, 0.3) is 5.91 Å². The molecule has 0 saturated heterocycles. The highest BCUT2D eigenvalue weighted by atomic mass is 35.5. The normalized spacial score (nSPS) is 11.0. The highest BCUT2D eigenvalue weighted by Gasteiger charge is 2.22. The smallest absolute Gasteiger partial charge is 0.267 e. The van der Waals surface area contributed by atoms with Crippen molar-refractivity contribution in [2.24, 2.45) is 0 Å². The van der Waals surface area contributed by atoms with Gasteiger partial charge in [-0.25, -0.2) is 4.98 Å². The van der Waals surface area contributed by atoms with Gasteiger partial charge >= 0.3 is 0 Å². The van der Waals surface area contributed by atoms with Crippen molar-refractivity contribution in [1.29, 1.82) is 0 Å². The molecule has 2 heterocycles. The van der Waals surface area contributed by atoms with Gasteiger partial charge in [-0.1, -0.05) is 77.8 Å². The second-order valence-corrected chi connectivity index (χ2v) is 9.23. The number of nitrogen functional groups attached to an aromatic ring is 1. The summed E-state index contributed by atoms with van der Waals surface area (Å²) in [6.07, 6.45) is 0. The van der Waals surface area contributed by atoms with E-state index in [0.717, 1.165) is 27.8 Å². The first-order chi connectivity index (χ1) is 16.0. The number of thiophene rings is 1. The van der Waals surface area contributed by atoms with Crippen molar-refractivity contribution in [2.45, 2.75) is 0 Å². The first-order valence-corrected chi connectivity index (χ1v) is 11.7. The van der Waals surface area contributed by atoms with Gasteiger partial charge in [0.05, 0.1) is 22.1 Å². The van der Waals surface area contributed by atoms with E-state index in [9.17, 15) is 4.79 Å². The number of rotatable bonds is 4. The van der Waals surface area contributed by atoms with E-state index in [1.165, 1.54) is 11.3 Å². The molecule has 0 radical (unpaired) electrons. The number of hydrogen-bond donors (Lipinski definition) is 2. The average Bonchev–Trinajstić information content (AvgIpc) is 3.17. The van der Waals surface area contributed by atoms with Crippen LogP contribution in [0.25, 0.3) is 32.6 Å². The van der Waals surface area contributed by atoms with Crippen LogP contribution in [0.2, 0.25) is 10.0 Å². The summed E-state index contributed by atoms with van der Waals surface area (Å²) in [7, 11) is 0. The fraction of sp³-hybridized carbons (Fsp3) is 0. The van der Waals surface area contributed by atoms with E-state index in [4.69, 9.17) is 33.9 Å². The van der Waals surface area contributed by atoms with Crippen LogP contribution in [0.3, 0.4) is 0 Å². The fourth-order valence-electron chi connectivity index (χ4n) is 3.65. The minimum Gasteiger partial charge on any atom is -0.397 e. The molecule has 5 aromatic rings. The van der Waals surface area contributed by atoms with Crippen molar-refractivity contribution in [3.63, 3.8) is 0 Å². The van der Waals surface area contributed by atoms with Gasteiger partial charge in [0.2, 0.25) is 0 Å². The van der Waals surface area contributed by atoms with Gasteiger partial charge in [-0.05, 0) is 41.5 Å². The fourth-order valence-corrected chi connectivity index (χ4v) is 4.97. The molecule has 1 amide bonds. The molecule has 0 aliphatic rings. The van der Waals surface area contributed by atoms with Gasteiger partial charge in [0.1, 0.15) is 9.71 Å². The van der Waals surface area contributed by atoms with Crippen LogP contribution in [0, 0.1) is 0 Å². The zero-order valence-electron chi connectivity index (χ0n) is 17.2. The molecule has 0 fully saturated rings. The number of para-hydroxylation sites is 1. The summed E-state index contributed by atoms with van der Waals surface area (Å²) in [5.41, 5.74) is 11.1. The topological polar surface area (TPSA) is 68.0 Å². The van der Waals surface area contributed by atoms with Crippen LogP contribution in [-0.2, 0) is 0 Å². The van der Waals surface area contributed by atoms with Crippen molar-refractivity contribution in [1.82, 2.24) is 4.98 Å². The molecule has 0 unspecified atom stereocenters. The summed E-state index contributed by atoms with van der Waals surface area (Å²) in [5.74, 6) is -0.323. The molecule has 162 valence electrons. The molecule has 0 bridgehead atoms. The van der Waals surface area contributed by atoms with Gasteiger partial charge in [-0.15, -0.1) is 11.3 Å². The van der Waals surface area contributed by atoms with Crippen molar-refractivity contribution >= 4 is 62.0 Å². The Bertz CT molecular complexity index is 1480. The van der Waals surface area contributed by atoms with Crippen LogP contribution in [-0.4, -0.2) is 10.9 Å². The maximum atomic E-state index is 13.1. The Hall–Kier alpha value is -3.38. The number of nitrogens with one attached hydrogen (secondary N) is 1. The lowest BCUT2D eigenvalue weighted by Crippen LogP contribution is -2.12. The Kier molecular flexibility index (Phi) is 5.77. The Morgan fingerprint density at radius 2 is 1.58 bits per heavy atom. The quantitative estimate of drug-likeness (QED) is 0.270. The molecule has 0 atom stereocenters.